The molecule has 0 fully saturated rings. The van der Waals surface area contributed by atoms with Gasteiger partial charge in [0.05, 0.1) is 5.69 Å². The van der Waals surface area contributed by atoms with Gasteiger partial charge in [-0.2, -0.15) is 0 Å². The van der Waals surface area contributed by atoms with Crippen LogP contribution in [0.3, 0.4) is 0 Å². The predicted octanol–water partition coefficient (Wildman–Crippen LogP) is 1.43. The van der Waals surface area contributed by atoms with E-state index in [4.69, 9.17) is 0 Å². The highest BCUT2D eigenvalue weighted by atomic mass is 19.1. The number of carbonyl (C=O) groups is 2. The van der Waals surface area contributed by atoms with Crippen molar-refractivity contribution in [3.63, 3.8) is 0 Å². The van der Waals surface area contributed by atoms with Crippen molar-refractivity contribution < 1.29 is 18.4 Å². The molecular weight excluding hydrogens is 230 g/mol. The van der Waals surface area contributed by atoms with Crippen molar-refractivity contribution in [2.45, 2.75) is 19.9 Å². The number of hydrogen-bond donors (Lipinski definition) is 2. The Morgan fingerprint density at radius 3 is 2.35 bits per heavy atom. The van der Waals surface area contributed by atoms with Crippen molar-refractivity contribution in [1.29, 1.82) is 0 Å². The van der Waals surface area contributed by atoms with Crippen LogP contribution in [0.25, 0.3) is 0 Å². The normalized spacial score (nSPS) is 10.2. The molecule has 4 nitrogen and oxygen atoms in total. The maximum atomic E-state index is 13.2. The van der Waals surface area contributed by atoms with E-state index in [9.17, 15) is 18.4 Å². The van der Waals surface area contributed by atoms with Gasteiger partial charge in [-0.25, -0.2) is 8.78 Å². The van der Waals surface area contributed by atoms with Gasteiger partial charge in [0.2, 0.25) is 0 Å². The molecule has 0 atom stereocenters. The summed E-state index contributed by atoms with van der Waals surface area (Å²) in [6.07, 6.45) is 0. The second kappa shape index (κ2) is 5.38. The van der Waals surface area contributed by atoms with Crippen LogP contribution >= 0.6 is 0 Å². The highest BCUT2D eigenvalue weighted by Gasteiger charge is 2.16. The molecule has 0 bridgehead atoms. The molecule has 6 heteroatoms. The Labute approximate surface area is 97.0 Å². The average Bonchev–Trinajstić information content (AvgIpc) is 2.21. The molecule has 1 rings (SSSR count). The number of carbonyl (C=O) groups excluding carboxylic acids is 2. The topological polar surface area (TPSA) is 58.2 Å². The van der Waals surface area contributed by atoms with Crippen LogP contribution in [-0.4, -0.2) is 17.9 Å². The van der Waals surface area contributed by atoms with Crippen molar-refractivity contribution in [2.75, 3.05) is 5.32 Å². The fourth-order valence-electron chi connectivity index (χ4n) is 1.10. The van der Waals surface area contributed by atoms with Crippen molar-refractivity contribution in [3.05, 3.63) is 29.8 Å². The molecule has 0 aliphatic carbocycles. The zero-order valence-electron chi connectivity index (χ0n) is 9.38. The summed E-state index contributed by atoms with van der Waals surface area (Å²) in [7, 11) is 0. The number of nitrogens with one attached hydrogen (secondary N) is 2. The Morgan fingerprint density at radius 1 is 1.18 bits per heavy atom. The van der Waals surface area contributed by atoms with E-state index in [0.717, 1.165) is 12.1 Å². The van der Waals surface area contributed by atoms with E-state index >= 15 is 0 Å². The first kappa shape index (κ1) is 13.1. The molecule has 0 saturated heterocycles. The lowest BCUT2D eigenvalue weighted by Gasteiger charge is -2.09. The van der Waals surface area contributed by atoms with E-state index in [1.54, 1.807) is 13.8 Å². The van der Waals surface area contributed by atoms with Gasteiger partial charge >= 0.3 is 11.8 Å². The number of hydrogen-bond acceptors (Lipinski definition) is 2. The molecule has 0 radical (unpaired) electrons. The van der Waals surface area contributed by atoms with Crippen molar-refractivity contribution in [1.82, 2.24) is 5.32 Å². The maximum absolute atomic E-state index is 13.2. The Morgan fingerprint density at radius 2 is 1.82 bits per heavy atom. The largest absolute Gasteiger partial charge is 0.346 e. The van der Waals surface area contributed by atoms with Crippen LogP contribution in [0.5, 0.6) is 0 Å². The average molecular weight is 242 g/mol. The van der Waals surface area contributed by atoms with Gasteiger partial charge in [-0.05, 0) is 26.0 Å². The molecule has 0 unspecified atom stereocenters. The Bertz CT molecular complexity index is 447. The van der Waals surface area contributed by atoms with E-state index < -0.39 is 23.4 Å². The van der Waals surface area contributed by atoms with Gasteiger partial charge in [-0.15, -0.1) is 0 Å². The maximum Gasteiger partial charge on any atom is 0.313 e. The summed E-state index contributed by atoms with van der Waals surface area (Å²) in [4.78, 5) is 22.5. The first-order chi connectivity index (χ1) is 7.90. The summed E-state index contributed by atoms with van der Waals surface area (Å²) >= 11 is 0. The third-order valence-corrected chi connectivity index (χ3v) is 1.81. The summed E-state index contributed by atoms with van der Waals surface area (Å²) in [5.74, 6) is -3.56. The summed E-state index contributed by atoms with van der Waals surface area (Å²) in [6.45, 7) is 3.37. The monoisotopic (exact) mass is 242 g/mol. The molecule has 1 aromatic carbocycles. The summed E-state index contributed by atoms with van der Waals surface area (Å²) < 4.78 is 25.7. The van der Waals surface area contributed by atoms with E-state index in [1.165, 1.54) is 0 Å². The highest BCUT2D eigenvalue weighted by molar-refractivity contribution is 6.39. The van der Waals surface area contributed by atoms with Crippen molar-refractivity contribution in [2.24, 2.45) is 0 Å². The van der Waals surface area contributed by atoms with Crippen LogP contribution in [0.15, 0.2) is 18.2 Å². The predicted molar refractivity (Wildman–Crippen MR) is 58.3 cm³/mol. The Balaban J connectivity index is 2.71. The summed E-state index contributed by atoms with van der Waals surface area (Å²) in [6, 6.07) is 2.45. The van der Waals surface area contributed by atoms with Crippen LogP contribution in [-0.2, 0) is 9.59 Å². The molecule has 0 aliphatic rings. The highest BCUT2D eigenvalue weighted by Crippen LogP contribution is 2.14. The lowest BCUT2D eigenvalue weighted by molar-refractivity contribution is -0.136. The minimum absolute atomic E-state index is 0.202. The molecular formula is C11H12F2N2O2. The summed E-state index contributed by atoms with van der Waals surface area (Å²) in [5, 5.41) is 4.40. The van der Waals surface area contributed by atoms with E-state index in [0.29, 0.717) is 6.07 Å². The minimum atomic E-state index is -0.996. The molecule has 17 heavy (non-hydrogen) atoms. The second-order valence-corrected chi connectivity index (χ2v) is 3.71. The number of rotatable bonds is 2. The smallest absolute Gasteiger partial charge is 0.313 e. The fraction of sp³-hybridized carbons (Fsp3) is 0.273. The molecule has 0 spiro atoms. The standard InChI is InChI=1S/C11H12F2N2O2/c1-6(2)14-10(16)11(17)15-9-4-3-7(12)5-8(9)13/h3-6H,1-2H3,(H,14,16)(H,15,17). The van der Waals surface area contributed by atoms with Gasteiger partial charge < -0.3 is 10.6 Å². The van der Waals surface area contributed by atoms with Gasteiger partial charge in [0.25, 0.3) is 0 Å². The van der Waals surface area contributed by atoms with Crippen LogP contribution in [0.2, 0.25) is 0 Å². The van der Waals surface area contributed by atoms with E-state index in [2.05, 4.69) is 5.32 Å². The SMILES string of the molecule is CC(C)NC(=O)C(=O)Nc1ccc(F)cc1F. The second-order valence-electron chi connectivity index (χ2n) is 3.71. The minimum Gasteiger partial charge on any atom is -0.346 e. The number of anilines is 1. The van der Waals surface area contributed by atoms with Gasteiger partial charge in [0.15, 0.2) is 0 Å². The van der Waals surface area contributed by atoms with Gasteiger partial charge in [0, 0.05) is 12.1 Å². The zero-order chi connectivity index (χ0) is 13.0. The van der Waals surface area contributed by atoms with Crippen LogP contribution in [0.1, 0.15) is 13.8 Å². The van der Waals surface area contributed by atoms with Crippen LogP contribution in [0.4, 0.5) is 14.5 Å². The molecule has 0 aromatic heterocycles. The van der Waals surface area contributed by atoms with Crippen molar-refractivity contribution in [3.8, 4) is 0 Å². The van der Waals surface area contributed by atoms with Crippen LogP contribution < -0.4 is 10.6 Å². The van der Waals surface area contributed by atoms with E-state index in [1.807, 2.05) is 5.32 Å². The number of benzene rings is 1. The van der Waals surface area contributed by atoms with Gasteiger partial charge in [-0.1, -0.05) is 0 Å². The molecule has 0 saturated carbocycles. The van der Waals surface area contributed by atoms with E-state index in [-0.39, 0.29) is 11.7 Å². The third-order valence-electron chi connectivity index (χ3n) is 1.81. The first-order valence-electron chi connectivity index (χ1n) is 4.97. The van der Waals surface area contributed by atoms with Gasteiger partial charge in [0.1, 0.15) is 11.6 Å². The first-order valence-corrected chi connectivity index (χ1v) is 4.97. The lowest BCUT2D eigenvalue weighted by Crippen LogP contribution is -2.39. The number of halogens is 2. The molecule has 0 aliphatic heterocycles. The Hall–Kier alpha value is -1.98. The molecule has 92 valence electrons. The van der Waals surface area contributed by atoms with Crippen molar-refractivity contribution >= 4 is 17.5 Å². The zero-order valence-corrected chi connectivity index (χ0v) is 9.38. The van der Waals surface area contributed by atoms with Gasteiger partial charge in [-0.3, -0.25) is 9.59 Å². The molecule has 1 aromatic rings. The molecule has 2 amide bonds. The third kappa shape index (κ3) is 3.82. The number of amides is 2. The Kier molecular flexibility index (Phi) is 4.14. The molecule has 2 N–H and O–H groups in total. The summed E-state index contributed by atoms with van der Waals surface area (Å²) in [5.41, 5.74) is -0.240. The van der Waals surface area contributed by atoms with Crippen LogP contribution in [0, 0.1) is 11.6 Å². The quantitative estimate of drug-likeness (QED) is 0.771. The molecule has 0 heterocycles. The fourth-order valence-corrected chi connectivity index (χ4v) is 1.10. The lowest BCUT2D eigenvalue weighted by atomic mass is 10.3.